The Balaban J connectivity index is 1.39. The highest BCUT2D eigenvalue weighted by Gasteiger charge is 2.36. The van der Waals surface area contributed by atoms with Gasteiger partial charge in [0.1, 0.15) is 24.7 Å². The first-order valence-electron chi connectivity index (χ1n) is 10.2. The van der Waals surface area contributed by atoms with Crippen LogP contribution in [0, 0.1) is 5.82 Å². The number of nitrogens with one attached hydrogen (secondary N) is 1. The van der Waals surface area contributed by atoms with E-state index >= 15 is 0 Å². The molecule has 9 heteroatoms. The van der Waals surface area contributed by atoms with E-state index in [4.69, 9.17) is 16.3 Å². The predicted molar refractivity (Wildman–Crippen MR) is 130 cm³/mol. The summed E-state index contributed by atoms with van der Waals surface area (Å²) in [6.45, 7) is -0.0921. The third kappa shape index (κ3) is 5.84. The van der Waals surface area contributed by atoms with Crippen LogP contribution in [0.1, 0.15) is 11.1 Å². The number of hydrogen-bond donors (Lipinski definition) is 1. The fourth-order valence-corrected chi connectivity index (χ4v) is 4.21. The van der Waals surface area contributed by atoms with Gasteiger partial charge < -0.3 is 10.1 Å². The van der Waals surface area contributed by atoms with Crippen molar-refractivity contribution in [1.82, 2.24) is 4.90 Å². The van der Waals surface area contributed by atoms with E-state index in [1.54, 1.807) is 18.2 Å². The number of hydrogen-bond acceptors (Lipinski definition) is 5. The first kappa shape index (κ1) is 23.5. The highest BCUT2D eigenvalue weighted by atomic mass is 35.5. The molecule has 6 nitrogen and oxygen atoms in total. The highest BCUT2D eigenvalue weighted by molar-refractivity contribution is 8.18. The van der Waals surface area contributed by atoms with Crippen molar-refractivity contribution in [2.45, 2.75) is 6.61 Å². The Morgan fingerprint density at radius 2 is 1.79 bits per heavy atom. The summed E-state index contributed by atoms with van der Waals surface area (Å²) in [5, 5.41) is 2.33. The largest absolute Gasteiger partial charge is 0.487 e. The monoisotopic (exact) mass is 496 g/mol. The van der Waals surface area contributed by atoms with Gasteiger partial charge in [-0.15, -0.1) is 0 Å². The van der Waals surface area contributed by atoms with Gasteiger partial charge in [-0.05, 0) is 65.4 Å². The molecule has 3 aromatic rings. The Kier molecular flexibility index (Phi) is 7.30. The van der Waals surface area contributed by atoms with Crippen molar-refractivity contribution < 1.29 is 23.5 Å². The number of ether oxygens (including phenoxy) is 1. The minimum atomic E-state index is -0.579. The van der Waals surface area contributed by atoms with Gasteiger partial charge in [-0.3, -0.25) is 19.3 Å². The van der Waals surface area contributed by atoms with Gasteiger partial charge in [-0.1, -0.05) is 48.0 Å². The summed E-state index contributed by atoms with van der Waals surface area (Å²) in [7, 11) is 0. The Labute approximate surface area is 204 Å². The number of imide groups is 1. The van der Waals surface area contributed by atoms with Crippen LogP contribution in [0.2, 0.25) is 5.02 Å². The van der Waals surface area contributed by atoms with E-state index < -0.39 is 29.4 Å². The zero-order valence-electron chi connectivity index (χ0n) is 17.7. The maximum Gasteiger partial charge on any atom is 0.294 e. The fraction of sp³-hybridized carbons (Fsp3) is 0.0800. The predicted octanol–water partition coefficient (Wildman–Crippen LogP) is 5.73. The average molecular weight is 497 g/mol. The molecule has 1 saturated heterocycles. The van der Waals surface area contributed by atoms with Crippen LogP contribution < -0.4 is 10.1 Å². The lowest BCUT2D eigenvalue weighted by Crippen LogP contribution is -2.36. The molecule has 0 spiro atoms. The second-order valence-electron chi connectivity index (χ2n) is 7.29. The van der Waals surface area contributed by atoms with E-state index in [2.05, 4.69) is 5.32 Å². The maximum atomic E-state index is 13.0. The van der Waals surface area contributed by atoms with Crippen LogP contribution in [0.3, 0.4) is 0 Å². The molecule has 0 unspecified atom stereocenters. The minimum Gasteiger partial charge on any atom is -0.487 e. The number of amides is 3. The number of thioether (sulfide) groups is 1. The molecular formula is C25H18ClFN2O4S. The van der Waals surface area contributed by atoms with Crippen molar-refractivity contribution in [2.75, 3.05) is 11.9 Å². The van der Waals surface area contributed by atoms with E-state index in [0.29, 0.717) is 28.6 Å². The molecule has 0 radical (unpaired) electrons. The molecule has 172 valence electrons. The number of benzene rings is 3. The van der Waals surface area contributed by atoms with Crippen LogP contribution in [-0.2, 0) is 16.2 Å². The number of rotatable bonds is 7. The van der Waals surface area contributed by atoms with Gasteiger partial charge in [-0.25, -0.2) is 4.39 Å². The number of halogens is 2. The van der Waals surface area contributed by atoms with Gasteiger partial charge in [0.2, 0.25) is 5.91 Å². The van der Waals surface area contributed by atoms with Crippen molar-refractivity contribution in [2.24, 2.45) is 0 Å². The second-order valence-corrected chi connectivity index (χ2v) is 8.69. The summed E-state index contributed by atoms with van der Waals surface area (Å²) in [6, 6.07) is 19.9. The first-order valence-corrected chi connectivity index (χ1v) is 11.4. The number of carbonyl (C=O) groups is 3. The summed E-state index contributed by atoms with van der Waals surface area (Å²) in [6.07, 6.45) is 1.54. The van der Waals surface area contributed by atoms with Crippen LogP contribution in [0.15, 0.2) is 77.7 Å². The number of anilines is 1. The molecule has 34 heavy (non-hydrogen) atoms. The quantitative estimate of drug-likeness (QED) is 0.422. The number of nitrogens with zero attached hydrogens (tertiary/aromatic N) is 1. The molecule has 1 N–H and O–H groups in total. The first-order chi connectivity index (χ1) is 16.4. The molecule has 0 atom stereocenters. The Morgan fingerprint density at radius 3 is 2.50 bits per heavy atom. The van der Waals surface area contributed by atoms with Crippen molar-refractivity contribution in [3.8, 4) is 5.75 Å². The van der Waals surface area contributed by atoms with Crippen molar-refractivity contribution in [1.29, 1.82) is 0 Å². The molecule has 0 saturated carbocycles. The molecule has 1 heterocycles. The normalized spacial score (nSPS) is 14.5. The topological polar surface area (TPSA) is 75.7 Å². The summed E-state index contributed by atoms with van der Waals surface area (Å²) in [4.78, 5) is 38.3. The number of carbonyl (C=O) groups excluding carboxylic acids is 3. The van der Waals surface area contributed by atoms with Crippen LogP contribution in [-0.4, -0.2) is 28.5 Å². The van der Waals surface area contributed by atoms with Crippen LogP contribution in [0.5, 0.6) is 5.75 Å². The van der Waals surface area contributed by atoms with Crippen LogP contribution >= 0.6 is 23.4 Å². The minimum absolute atomic E-state index is 0.175. The summed E-state index contributed by atoms with van der Waals surface area (Å²) < 4.78 is 18.7. The third-order valence-electron chi connectivity index (χ3n) is 4.79. The van der Waals surface area contributed by atoms with E-state index in [1.165, 1.54) is 30.3 Å². The van der Waals surface area contributed by atoms with Gasteiger partial charge >= 0.3 is 0 Å². The molecule has 3 amide bonds. The summed E-state index contributed by atoms with van der Waals surface area (Å²) >= 11 is 7.07. The van der Waals surface area contributed by atoms with Gasteiger partial charge in [0.15, 0.2) is 0 Å². The van der Waals surface area contributed by atoms with Crippen molar-refractivity contribution in [3.05, 3.63) is 99.7 Å². The molecule has 3 aromatic carbocycles. The molecule has 1 aliphatic rings. The molecule has 4 rings (SSSR count). The lowest BCUT2D eigenvalue weighted by molar-refractivity contribution is -0.127. The van der Waals surface area contributed by atoms with Crippen molar-refractivity contribution >= 4 is 52.2 Å². The maximum absolute atomic E-state index is 13.0. The standard InChI is InChI=1S/C25H18ClFN2O4S/c26-20-12-17(6-11-21(20)33-15-16-4-2-1-3-5-16)13-22-24(31)29(25(32)34-22)14-23(30)28-19-9-7-18(27)8-10-19/h1-13H,14-15H2,(H,28,30)/b22-13-. The van der Waals surface area contributed by atoms with Crippen LogP contribution in [0.4, 0.5) is 14.9 Å². The van der Waals surface area contributed by atoms with E-state index in [-0.39, 0.29) is 4.91 Å². The molecule has 1 aliphatic heterocycles. The third-order valence-corrected chi connectivity index (χ3v) is 6.00. The lowest BCUT2D eigenvalue weighted by atomic mass is 10.2. The lowest BCUT2D eigenvalue weighted by Gasteiger charge is -2.12. The van der Waals surface area contributed by atoms with Gasteiger partial charge in [-0.2, -0.15) is 0 Å². The molecule has 1 fully saturated rings. The van der Waals surface area contributed by atoms with E-state index in [1.807, 2.05) is 30.3 Å². The average Bonchev–Trinajstić information content (AvgIpc) is 3.08. The van der Waals surface area contributed by atoms with Gasteiger partial charge in [0.05, 0.1) is 9.93 Å². The molecule has 0 aliphatic carbocycles. The van der Waals surface area contributed by atoms with Gasteiger partial charge in [0, 0.05) is 5.69 Å². The van der Waals surface area contributed by atoms with Crippen LogP contribution in [0.25, 0.3) is 6.08 Å². The zero-order chi connectivity index (χ0) is 24.1. The second kappa shape index (κ2) is 10.5. The van der Waals surface area contributed by atoms with Crippen molar-refractivity contribution in [3.63, 3.8) is 0 Å². The Hall–Kier alpha value is -3.62. The zero-order valence-corrected chi connectivity index (χ0v) is 19.2. The van der Waals surface area contributed by atoms with Gasteiger partial charge in [0.25, 0.3) is 11.1 Å². The van der Waals surface area contributed by atoms with E-state index in [0.717, 1.165) is 22.2 Å². The SMILES string of the molecule is O=C(CN1C(=O)S/C(=C\c2ccc(OCc3ccccc3)c(Cl)c2)C1=O)Nc1ccc(F)cc1. The molecule has 0 aromatic heterocycles. The molecule has 0 bridgehead atoms. The van der Waals surface area contributed by atoms with E-state index in [9.17, 15) is 18.8 Å². The smallest absolute Gasteiger partial charge is 0.294 e. The Morgan fingerprint density at radius 1 is 1.06 bits per heavy atom. The highest BCUT2D eigenvalue weighted by Crippen LogP contribution is 2.34. The summed E-state index contributed by atoms with van der Waals surface area (Å²) in [5.74, 6) is -1.10. The Bertz CT molecular complexity index is 1270. The fourth-order valence-electron chi connectivity index (χ4n) is 3.12. The summed E-state index contributed by atoms with van der Waals surface area (Å²) in [5.41, 5.74) is 1.97. The molecular weight excluding hydrogens is 479 g/mol.